The van der Waals surface area contributed by atoms with Crippen LogP contribution in [0.3, 0.4) is 0 Å². The van der Waals surface area contributed by atoms with Crippen LogP contribution in [0.25, 0.3) is 5.65 Å². The molecule has 2 atom stereocenters. The van der Waals surface area contributed by atoms with Gasteiger partial charge in [0.25, 0.3) is 0 Å². The van der Waals surface area contributed by atoms with Gasteiger partial charge >= 0.3 is 6.09 Å². The first-order valence-electron chi connectivity index (χ1n) is 10.1. The molecule has 3 heterocycles. The average molecular weight is 468 g/mol. The van der Waals surface area contributed by atoms with E-state index < -0.39 is 12.2 Å². The van der Waals surface area contributed by atoms with Crippen LogP contribution >= 0.6 is 15.9 Å². The molecule has 0 bridgehead atoms. The molecular formula is C19H26BrN5O4. The molecule has 1 amide bonds. The zero-order valence-corrected chi connectivity index (χ0v) is 17.7. The number of carbonyl (C=O) groups is 1. The Balaban J connectivity index is 1.47. The molecule has 0 unspecified atom stereocenters. The highest BCUT2D eigenvalue weighted by atomic mass is 79.9. The highest BCUT2D eigenvalue weighted by Crippen LogP contribution is 2.27. The number of hydrogen-bond acceptors (Lipinski definition) is 7. The Morgan fingerprint density at radius 3 is 2.90 bits per heavy atom. The molecule has 2 fully saturated rings. The van der Waals surface area contributed by atoms with Gasteiger partial charge in [-0.1, -0.05) is 12.8 Å². The largest absolute Gasteiger partial charge is 0.413 e. The van der Waals surface area contributed by atoms with Gasteiger partial charge in [0.15, 0.2) is 5.65 Å². The lowest BCUT2D eigenvalue weighted by Crippen LogP contribution is -2.36. The van der Waals surface area contributed by atoms with Crippen molar-refractivity contribution in [2.45, 2.75) is 50.7 Å². The minimum absolute atomic E-state index is 0.0735. The zero-order valence-electron chi connectivity index (χ0n) is 16.1. The number of aliphatic hydroxyl groups excluding tert-OH is 1. The third-order valence-corrected chi connectivity index (χ3v) is 6.09. The van der Waals surface area contributed by atoms with Crippen molar-refractivity contribution >= 4 is 33.5 Å². The number of carbonyl (C=O) groups excluding carboxylic acids is 1. The molecule has 9 nitrogen and oxygen atoms in total. The van der Waals surface area contributed by atoms with E-state index in [4.69, 9.17) is 9.47 Å². The Labute approximate surface area is 177 Å². The van der Waals surface area contributed by atoms with E-state index in [2.05, 4.69) is 36.6 Å². The van der Waals surface area contributed by atoms with E-state index in [0.717, 1.165) is 51.7 Å². The van der Waals surface area contributed by atoms with Crippen LogP contribution < -0.4 is 15.4 Å². The van der Waals surface area contributed by atoms with Crippen LogP contribution in [0.4, 0.5) is 10.6 Å². The van der Waals surface area contributed by atoms with Gasteiger partial charge in [-0.3, -0.25) is 0 Å². The summed E-state index contributed by atoms with van der Waals surface area (Å²) < 4.78 is 13.1. The van der Waals surface area contributed by atoms with Crippen molar-refractivity contribution in [3.05, 3.63) is 16.7 Å². The standard InChI is InChI=1S/C19H26BrN5O4/c20-13-11-22-25-17(29-19(27)21-10-12-5-7-28-8-6-12)9-16(24-18(13)25)23-14-3-1-2-4-15(14)26/h9,11-12,14-15,26H,1-8,10H2,(H,21,27)(H,23,24)/t14-,15+/m0/s1. The average Bonchev–Trinajstić information content (AvgIpc) is 3.10. The quantitative estimate of drug-likeness (QED) is 0.619. The fourth-order valence-electron chi connectivity index (χ4n) is 3.83. The number of nitrogens with one attached hydrogen (secondary N) is 2. The number of halogens is 1. The highest BCUT2D eigenvalue weighted by Gasteiger charge is 2.24. The van der Waals surface area contributed by atoms with E-state index in [-0.39, 0.29) is 11.9 Å². The summed E-state index contributed by atoms with van der Waals surface area (Å²) in [5.74, 6) is 1.20. The maximum atomic E-state index is 12.4. The molecule has 29 heavy (non-hydrogen) atoms. The summed E-state index contributed by atoms with van der Waals surface area (Å²) in [5, 5.41) is 20.6. The Morgan fingerprint density at radius 2 is 2.10 bits per heavy atom. The molecule has 0 spiro atoms. The van der Waals surface area contributed by atoms with Gasteiger partial charge in [0.2, 0.25) is 5.88 Å². The molecule has 2 aromatic rings. The number of aliphatic hydroxyl groups is 1. The van der Waals surface area contributed by atoms with Gasteiger partial charge in [-0.05, 0) is 47.5 Å². The summed E-state index contributed by atoms with van der Waals surface area (Å²) >= 11 is 3.43. The molecule has 10 heteroatoms. The van der Waals surface area contributed by atoms with Crippen LogP contribution in [0, 0.1) is 5.92 Å². The topological polar surface area (TPSA) is 110 Å². The third kappa shape index (κ3) is 4.99. The van der Waals surface area contributed by atoms with Crippen LogP contribution in [0.5, 0.6) is 5.88 Å². The van der Waals surface area contributed by atoms with Gasteiger partial charge < -0.3 is 25.2 Å². The normalized spacial score (nSPS) is 23.1. The lowest BCUT2D eigenvalue weighted by atomic mass is 9.93. The van der Waals surface area contributed by atoms with Gasteiger partial charge in [0, 0.05) is 25.8 Å². The number of hydrogen-bond donors (Lipinski definition) is 3. The Morgan fingerprint density at radius 1 is 1.31 bits per heavy atom. The Bertz CT molecular complexity index is 854. The van der Waals surface area contributed by atoms with Crippen LogP contribution in [-0.2, 0) is 4.74 Å². The summed E-state index contributed by atoms with van der Waals surface area (Å²) in [7, 11) is 0. The second-order valence-electron chi connectivity index (χ2n) is 7.64. The van der Waals surface area contributed by atoms with Crippen LogP contribution in [0.1, 0.15) is 38.5 Å². The smallest absolute Gasteiger partial charge is 0.391 e. The number of aromatic nitrogens is 3. The van der Waals surface area contributed by atoms with Gasteiger partial charge in [0.1, 0.15) is 5.82 Å². The van der Waals surface area contributed by atoms with E-state index in [9.17, 15) is 9.90 Å². The van der Waals surface area contributed by atoms with Crippen LogP contribution in [0.2, 0.25) is 0 Å². The molecule has 0 aromatic carbocycles. The number of amides is 1. The molecule has 2 aliphatic rings. The van der Waals surface area contributed by atoms with Crippen LogP contribution in [0.15, 0.2) is 16.7 Å². The molecule has 4 rings (SSSR count). The lowest BCUT2D eigenvalue weighted by Gasteiger charge is -2.28. The van der Waals surface area contributed by atoms with Crippen molar-refractivity contribution in [3.63, 3.8) is 0 Å². The second-order valence-corrected chi connectivity index (χ2v) is 8.49. The first-order chi connectivity index (χ1) is 14.1. The van der Waals surface area contributed by atoms with Crippen molar-refractivity contribution in [1.29, 1.82) is 0 Å². The summed E-state index contributed by atoms with van der Waals surface area (Å²) in [4.78, 5) is 16.9. The van der Waals surface area contributed by atoms with E-state index >= 15 is 0 Å². The highest BCUT2D eigenvalue weighted by molar-refractivity contribution is 9.10. The minimum Gasteiger partial charge on any atom is -0.391 e. The number of nitrogens with zero attached hydrogens (tertiary/aromatic N) is 3. The zero-order chi connectivity index (χ0) is 20.2. The van der Waals surface area contributed by atoms with Crippen LogP contribution in [-0.4, -0.2) is 57.7 Å². The lowest BCUT2D eigenvalue weighted by molar-refractivity contribution is 0.0662. The van der Waals surface area contributed by atoms with E-state index in [1.165, 1.54) is 4.52 Å². The first kappa shape index (κ1) is 20.4. The first-order valence-corrected chi connectivity index (χ1v) is 10.9. The van der Waals surface area contributed by atoms with Crippen molar-refractivity contribution in [2.24, 2.45) is 5.92 Å². The van der Waals surface area contributed by atoms with Crippen molar-refractivity contribution < 1.29 is 19.4 Å². The Hall–Kier alpha value is -1.91. The molecule has 1 saturated carbocycles. The molecule has 1 saturated heterocycles. The molecule has 0 radical (unpaired) electrons. The number of ether oxygens (including phenoxy) is 2. The molecule has 1 aliphatic carbocycles. The third-order valence-electron chi connectivity index (χ3n) is 5.53. The summed E-state index contributed by atoms with van der Waals surface area (Å²) in [6, 6.07) is 1.57. The van der Waals surface area contributed by atoms with Crippen molar-refractivity contribution in [1.82, 2.24) is 19.9 Å². The SMILES string of the molecule is O=C(NCC1CCOCC1)Oc1cc(N[C@H]2CCCC[C@H]2O)nc2c(Br)cnn12. The number of fused-ring (bicyclic) bond motifs is 1. The predicted octanol–water partition coefficient (Wildman–Crippen LogP) is 2.72. The summed E-state index contributed by atoms with van der Waals surface area (Å²) in [6.07, 6.45) is 6.26. The fourth-order valence-corrected chi connectivity index (χ4v) is 4.18. The maximum absolute atomic E-state index is 12.4. The Kier molecular flexibility index (Phi) is 6.51. The van der Waals surface area contributed by atoms with Gasteiger partial charge in [0.05, 0.1) is 22.8 Å². The summed E-state index contributed by atoms with van der Waals surface area (Å²) in [6.45, 7) is 2.02. The minimum atomic E-state index is -0.528. The predicted molar refractivity (Wildman–Crippen MR) is 110 cm³/mol. The second kappa shape index (κ2) is 9.27. The number of anilines is 1. The van der Waals surface area contributed by atoms with E-state index in [1.807, 2.05) is 0 Å². The molecule has 158 valence electrons. The van der Waals surface area contributed by atoms with Gasteiger partial charge in [-0.2, -0.15) is 9.61 Å². The van der Waals surface area contributed by atoms with E-state index in [0.29, 0.717) is 28.4 Å². The molecule has 2 aromatic heterocycles. The summed E-state index contributed by atoms with van der Waals surface area (Å²) in [5.41, 5.74) is 0.535. The van der Waals surface area contributed by atoms with E-state index in [1.54, 1.807) is 12.3 Å². The fraction of sp³-hybridized carbons (Fsp3) is 0.632. The van der Waals surface area contributed by atoms with Gasteiger partial charge in [-0.15, -0.1) is 0 Å². The maximum Gasteiger partial charge on any atom is 0.413 e. The van der Waals surface area contributed by atoms with Gasteiger partial charge in [-0.25, -0.2) is 9.78 Å². The molecule has 3 N–H and O–H groups in total. The van der Waals surface area contributed by atoms with Crippen molar-refractivity contribution in [2.75, 3.05) is 25.1 Å². The van der Waals surface area contributed by atoms with Crippen molar-refractivity contribution in [3.8, 4) is 5.88 Å². The molecule has 1 aliphatic heterocycles. The monoisotopic (exact) mass is 467 g/mol. The molecular weight excluding hydrogens is 442 g/mol. The number of rotatable bonds is 5.